The predicted molar refractivity (Wildman–Crippen MR) is 155 cm³/mol. The van der Waals surface area contributed by atoms with E-state index in [0.717, 1.165) is 41.3 Å². The van der Waals surface area contributed by atoms with Crippen LogP contribution in [-0.2, 0) is 4.79 Å². The SMILES string of the molecule is COc1cccc(Oc2ccc(-c3nc(C4CCN(C(=O)/C=C/CN(C)C5CC5)C4)n4ccnc(C)c34)cc2)c1F. The summed E-state index contributed by atoms with van der Waals surface area (Å²) in [5.41, 5.74) is 3.52. The van der Waals surface area contributed by atoms with Crippen molar-refractivity contribution in [1.29, 1.82) is 0 Å². The molecule has 9 heteroatoms. The summed E-state index contributed by atoms with van der Waals surface area (Å²) in [4.78, 5) is 26.7. The second kappa shape index (κ2) is 11.3. The van der Waals surface area contributed by atoms with Gasteiger partial charge in [0, 0.05) is 55.6 Å². The second-order valence-electron chi connectivity index (χ2n) is 10.8. The highest BCUT2D eigenvalue weighted by Gasteiger charge is 2.31. The molecule has 0 radical (unpaired) electrons. The van der Waals surface area contributed by atoms with E-state index in [1.54, 1.807) is 42.6 Å². The largest absolute Gasteiger partial charge is 0.494 e. The van der Waals surface area contributed by atoms with Crippen molar-refractivity contribution in [3.05, 3.63) is 84.3 Å². The number of nitrogens with zero attached hydrogens (tertiary/aromatic N) is 5. The summed E-state index contributed by atoms with van der Waals surface area (Å²) < 4.78 is 27.5. The second-order valence-corrected chi connectivity index (χ2v) is 10.8. The van der Waals surface area contributed by atoms with Gasteiger partial charge < -0.3 is 14.4 Å². The van der Waals surface area contributed by atoms with Gasteiger partial charge in [-0.2, -0.15) is 4.39 Å². The average molecular weight is 556 g/mol. The van der Waals surface area contributed by atoms with Crippen LogP contribution in [0.2, 0.25) is 0 Å². The van der Waals surface area contributed by atoms with Gasteiger partial charge in [0.05, 0.1) is 24.0 Å². The number of methoxy groups -OCH3 is 1. The quantitative estimate of drug-likeness (QED) is 0.250. The lowest BCUT2D eigenvalue weighted by atomic mass is 10.1. The zero-order chi connectivity index (χ0) is 28.5. The van der Waals surface area contributed by atoms with Crippen LogP contribution in [0.5, 0.6) is 17.2 Å². The fourth-order valence-electron chi connectivity index (χ4n) is 5.50. The summed E-state index contributed by atoms with van der Waals surface area (Å²) in [5.74, 6) is 1.27. The first-order chi connectivity index (χ1) is 19.9. The first kappa shape index (κ1) is 27.0. The van der Waals surface area contributed by atoms with Crippen molar-refractivity contribution in [3.8, 4) is 28.5 Å². The molecular formula is C32H34FN5O3. The molecule has 1 saturated carbocycles. The van der Waals surface area contributed by atoms with Gasteiger partial charge in [-0.05, 0) is 69.6 Å². The van der Waals surface area contributed by atoms with Crippen molar-refractivity contribution in [3.63, 3.8) is 0 Å². The predicted octanol–water partition coefficient (Wildman–Crippen LogP) is 5.61. The lowest BCUT2D eigenvalue weighted by Gasteiger charge is -2.15. The molecule has 1 aliphatic carbocycles. The van der Waals surface area contributed by atoms with Gasteiger partial charge in [0.15, 0.2) is 11.5 Å². The normalized spacial score (nSPS) is 17.2. The maximum atomic E-state index is 14.6. The Kier molecular flexibility index (Phi) is 7.45. The van der Waals surface area contributed by atoms with Gasteiger partial charge in [-0.1, -0.05) is 12.1 Å². The Morgan fingerprint density at radius 3 is 2.68 bits per heavy atom. The first-order valence-corrected chi connectivity index (χ1v) is 14.0. The van der Waals surface area contributed by atoms with Crippen LogP contribution >= 0.6 is 0 Å². The summed E-state index contributed by atoms with van der Waals surface area (Å²) in [7, 11) is 3.53. The van der Waals surface area contributed by atoms with E-state index in [0.29, 0.717) is 24.9 Å². The summed E-state index contributed by atoms with van der Waals surface area (Å²) in [6, 6.07) is 12.9. The van der Waals surface area contributed by atoms with Gasteiger partial charge in [0.25, 0.3) is 0 Å². The smallest absolute Gasteiger partial charge is 0.246 e. The molecule has 1 aliphatic heterocycles. The molecule has 3 heterocycles. The fourth-order valence-corrected chi connectivity index (χ4v) is 5.50. The van der Waals surface area contributed by atoms with Gasteiger partial charge >= 0.3 is 0 Å². The van der Waals surface area contributed by atoms with Crippen molar-refractivity contribution in [2.45, 2.75) is 38.1 Å². The number of likely N-dealkylation sites (N-methyl/N-ethyl adjacent to an activating group) is 1. The summed E-state index contributed by atoms with van der Waals surface area (Å²) in [6.45, 7) is 4.10. The topological polar surface area (TPSA) is 72.2 Å². The van der Waals surface area contributed by atoms with E-state index in [-0.39, 0.29) is 23.3 Å². The molecule has 0 spiro atoms. The maximum Gasteiger partial charge on any atom is 0.246 e. The molecular weight excluding hydrogens is 521 g/mol. The van der Waals surface area contributed by atoms with Crippen molar-refractivity contribution < 1.29 is 18.7 Å². The minimum Gasteiger partial charge on any atom is -0.494 e. The zero-order valence-electron chi connectivity index (χ0n) is 23.6. The molecule has 6 rings (SSSR count). The number of likely N-dealkylation sites (tertiary alicyclic amines) is 1. The summed E-state index contributed by atoms with van der Waals surface area (Å²) >= 11 is 0. The van der Waals surface area contributed by atoms with Crippen LogP contribution < -0.4 is 9.47 Å². The molecule has 2 aromatic carbocycles. The number of aromatic nitrogens is 3. The molecule has 2 aliphatic rings. The third kappa shape index (κ3) is 5.54. The van der Waals surface area contributed by atoms with E-state index in [1.807, 2.05) is 36.2 Å². The van der Waals surface area contributed by atoms with E-state index >= 15 is 0 Å². The van der Waals surface area contributed by atoms with E-state index < -0.39 is 5.82 Å². The number of imidazole rings is 1. The minimum atomic E-state index is -0.546. The van der Waals surface area contributed by atoms with Crippen LogP contribution in [0.15, 0.2) is 67.0 Å². The third-order valence-corrected chi connectivity index (χ3v) is 7.96. The number of carbonyl (C=O) groups excluding carboxylic acids is 1. The number of rotatable bonds is 9. The molecule has 0 N–H and O–H groups in total. The van der Waals surface area contributed by atoms with Gasteiger partial charge in [-0.15, -0.1) is 0 Å². The number of aryl methyl sites for hydroxylation is 1. The molecule has 4 aromatic rings. The third-order valence-electron chi connectivity index (χ3n) is 7.96. The number of hydrogen-bond donors (Lipinski definition) is 0. The Hall–Kier alpha value is -4.24. The number of halogens is 1. The lowest BCUT2D eigenvalue weighted by molar-refractivity contribution is -0.125. The highest BCUT2D eigenvalue weighted by molar-refractivity contribution is 5.88. The van der Waals surface area contributed by atoms with Crippen molar-refractivity contribution >= 4 is 11.4 Å². The van der Waals surface area contributed by atoms with Gasteiger partial charge in [-0.25, -0.2) is 4.98 Å². The van der Waals surface area contributed by atoms with E-state index in [4.69, 9.17) is 14.5 Å². The Morgan fingerprint density at radius 1 is 1.15 bits per heavy atom. The number of ether oxygens (including phenoxy) is 2. The average Bonchev–Trinajstić information content (AvgIpc) is 3.59. The number of amides is 1. The van der Waals surface area contributed by atoms with Crippen LogP contribution in [0.4, 0.5) is 4.39 Å². The van der Waals surface area contributed by atoms with Crippen LogP contribution in [-0.4, -0.2) is 69.9 Å². The number of hydrogen-bond acceptors (Lipinski definition) is 6. The molecule has 1 amide bonds. The minimum absolute atomic E-state index is 0.0543. The monoisotopic (exact) mass is 555 g/mol. The number of fused-ring (bicyclic) bond motifs is 1. The molecule has 2 fully saturated rings. The van der Waals surface area contributed by atoms with Crippen molar-refractivity contribution in [1.82, 2.24) is 24.2 Å². The molecule has 1 saturated heterocycles. The molecule has 2 aromatic heterocycles. The summed E-state index contributed by atoms with van der Waals surface area (Å²) in [5, 5.41) is 0. The summed E-state index contributed by atoms with van der Waals surface area (Å²) in [6.07, 6.45) is 10.8. The lowest BCUT2D eigenvalue weighted by Crippen LogP contribution is -2.27. The van der Waals surface area contributed by atoms with Gasteiger partial charge in [0.2, 0.25) is 11.7 Å². The van der Waals surface area contributed by atoms with Crippen LogP contribution in [0.3, 0.4) is 0 Å². The van der Waals surface area contributed by atoms with E-state index in [1.165, 1.54) is 20.0 Å². The van der Waals surface area contributed by atoms with Crippen molar-refractivity contribution in [2.24, 2.45) is 0 Å². The van der Waals surface area contributed by atoms with Crippen LogP contribution in [0.1, 0.15) is 36.7 Å². The molecule has 8 nitrogen and oxygen atoms in total. The standard InChI is InChI=1S/C32H34FN5O3/c1-21-31-30(22-9-13-25(14-10-22)41-27-7-4-6-26(40-3)29(27)33)35-32(38(31)19-16-34-21)23-15-18-37(20-23)28(39)8-5-17-36(2)24-11-12-24/h4-10,13-14,16,19,23-24H,11-12,15,17-18,20H2,1-3H3/b8-5+. The molecule has 0 bridgehead atoms. The fraction of sp³-hybridized carbons (Fsp3) is 0.344. The number of carbonyl (C=O) groups is 1. The molecule has 1 unspecified atom stereocenters. The number of benzene rings is 2. The Bertz CT molecular complexity index is 1600. The van der Waals surface area contributed by atoms with Crippen LogP contribution in [0, 0.1) is 12.7 Å². The highest BCUT2D eigenvalue weighted by Crippen LogP contribution is 2.35. The van der Waals surface area contributed by atoms with E-state index in [2.05, 4.69) is 21.3 Å². The molecule has 41 heavy (non-hydrogen) atoms. The zero-order valence-corrected chi connectivity index (χ0v) is 23.6. The Morgan fingerprint density at radius 2 is 1.93 bits per heavy atom. The molecule has 212 valence electrons. The molecule has 1 atom stereocenters. The van der Waals surface area contributed by atoms with Crippen molar-refractivity contribution in [2.75, 3.05) is 33.8 Å². The first-order valence-electron chi connectivity index (χ1n) is 14.0. The van der Waals surface area contributed by atoms with Crippen LogP contribution in [0.25, 0.3) is 16.8 Å². The van der Waals surface area contributed by atoms with Gasteiger partial charge in [-0.3, -0.25) is 19.1 Å². The Labute approximate surface area is 239 Å². The van der Waals surface area contributed by atoms with Gasteiger partial charge in [0.1, 0.15) is 11.6 Å². The highest BCUT2D eigenvalue weighted by atomic mass is 19.1. The van der Waals surface area contributed by atoms with E-state index in [9.17, 15) is 9.18 Å². The maximum absolute atomic E-state index is 14.6. The Balaban J connectivity index is 1.21.